The summed E-state index contributed by atoms with van der Waals surface area (Å²) in [6.07, 6.45) is 0. The molecule has 2 aromatic carbocycles. The van der Waals surface area contributed by atoms with Gasteiger partial charge in [-0.1, -0.05) is 42.5 Å². The maximum Gasteiger partial charge on any atom is 0.231 e. The Morgan fingerprint density at radius 3 is 2.38 bits per heavy atom. The van der Waals surface area contributed by atoms with Crippen LogP contribution in [0.5, 0.6) is 0 Å². The molecule has 1 fully saturated rings. The number of hydrogen-bond donors (Lipinski definition) is 1. The number of amides is 1. The van der Waals surface area contributed by atoms with Gasteiger partial charge in [-0.15, -0.1) is 0 Å². The molecule has 2 N–H and O–H groups in total. The number of nitrogens with zero attached hydrogens (tertiary/aromatic N) is 2. The molecular formula is C17H21N3O. The second-order valence-corrected chi connectivity index (χ2v) is 5.66. The van der Waals surface area contributed by atoms with Crippen molar-refractivity contribution in [2.24, 2.45) is 5.73 Å². The molecule has 4 heteroatoms. The van der Waals surface area contributed by atoms with Crippen LogP contribution in [0.2, 0.25) is 0 Å². The molecule has 1 aliphatic heterocycles. The van der Waals surface area contributed by atoms with Gasteiger partial charge in [-0.2, -0.15) is 0 Å². The molecule has 2 aromatic rings. The molecule has 0 spiro atoms. The first-order valence-electron chi connectivity index (χ1n) is 7.42. The molecule has 1 saturated heterocycles. The first kappa shape index (κ1) is 14.0. The number of nitrogens with two attached hydrogens (primary N) is 1. The van der Waals surface area contributed by atoms with Gasteiger partial charge in [-0.3, -0.25) is 14.6 Å². The Bertz CT molecular complexity index is 627. The molecule has 110 valence electrons. The van der Waals surface area contributed by atoms with Gasteiger partial charge >= 0.3 is 0 Å². The molecule has 0 radical (unpaired) electrons. The van der Waals surface area contributed by atoms with Gasteiger partial charge in [0.15, 0.2) is 0 Å². The average Bonchev–Trinajstić information content (AvgIpc) is 2.49. The van der Waals surface area contributed by atoms with Crippen LogP contribution < -0.4 is 5.73 Å². The van der Waals surface area contributed by atoms with E-state index in [1.165, 1.54) is 16.3 Å². The van der Waals surface area contributed by atoms with E-state index in [9.17, 15) is 4.79 Å². The van der Waals surface area contributed by atoms with Crippen LogP contribution in [0, 0.1) is 0 Å². The van der Waals surface area contributed by atoms with E-state index in [1.807, 2.05) is 0 Å². The average molecular weight is 283 g/mol. The second-order valence-electron chi connectivity index (χ2n) is 5.66. The summed E-state index contributed by atoms with van der Waals surface area (Å²) in [6.45, 7) is 5.13. The van der Waals surface area contributed by atoms with Crippen molar-refractivity contribution >= 4 is 16.7 Å². The van der Waals surface area contributed by atoms with Crippen molar-refractivity contribution in [1.82, 2.24) is 9.80 Å². The lowest BCUT2D eigenvalue weighted by atomic mass is 10.0. The Balaban J connectivity index is 1.66. The highest BCUT2D eigenvalue weighted by Crippen LogP contribution is 2.20. The molecule has 0 bridgehead atoms. The summed E-state index contributed by atoms with van der Waals surface area (Å²) in [7, 11) is 0. The molecule has 1 heterocycles. The number of carbonyl (C=O) groups is 1. The van der Waals surface area contributed by atoms with E-state index < -0.39 is 0 Å². The molecule has 0 saturated carbocycles. The summed E-state index contributed by atoms with van der Waals surface area (Å²) in [4.78, 5) is 15.5. The van der Waals surface area contributed by atoms with Crippen molar-refractivity contribution in [1.29, 1.82) is 0 Å². The largest absolute Gasteiger partial charge is 0.369 e. The molecule has 21 heavy (non-hydrogen) atoms. The van der Waals surface area contributed by atoms with Crippen molar-refractivity contribution in [3.05, 3.63) is 48.0 Å². The van der Waals surface area contributed by atoms with Gasteiger partial charge in [0.1, 0.15) is 0 Å². The number of hydrogen-bond acceptors (Lipinski definition) is 3. The van der Waals surface area contributed by atoms with Crippen LogP contribution in [-0.4, -0.2) is 48.4 Å². The summed E-state index contributed by atoms with van der Waals surface area (Å²) < 4.78 is 0. The van der Waals surface area contributed by atoms with Crippen molar-refractivity contribution in [2.45, 2.75) is 6.54 Å². The number of carbonyl (C=O) groups excluding carboxylic acids is 1. The van der Waals surface area contributed by atoms with Crippen molar-refractivity contribution in [2.75, 3.05) is 32.7 Å². The molecule has 3 rings (SSSR count). The lowest BCUT2D eigenvalue weighted by Gasteiger charge is -2.34. The number of piperazine rings is 1. The lowest BCUT2D eigenvalue weighted by molar-refractivity contribution is -0.119. The van der Waals surface area contributed by atoms with E-state index in [0.717, 1.165) is 32.7 Å². The zero-order chi connectivity index (χ0) is 14.7. The second kappa shape index (κ2) is 6.24. The number of benzene rings is 2. The maximum atomic E-state index is 11.0. The Morgan fingerprint density at radius 2 is 1.62 bits per heavy atom. The normalized spacial score (nSPS) is 17.1. The van der Waals surface area contributed by atoms with E-state index in [1.54, 1.807) is 0 Å². The topological polar surface area (TPSA) is 49.6 Å². The fourth-order valence-electron chi connectivity index (χ4n) is 3.00. The summed E-state index contributed by atoms with van der Waals surface area (Å²) in [6, 6.07) is 15.0. The van der Waals surface area contributed by atoms with Gasteiger partial charge in [0.2, 0.25) is 5.91 Å². The van der Waals surface area contributed by atoms with Crippen molar-refractivity contribution in [3.63, 3.8) is 0 Å². The summed E-state index contributed by atoms with van der Waals surface area (Å²) in [5.41, 5.74) is 6.62. The minimum Gasteiger partial charge on any atom is -0.369 e. The fraction of sp³-hybridized carbons (Fsp3) is 0.353. The van der Waals surface area contributed by atoms with Gasteiger partial charge < -0.3 is 5.73 Å². The summed E-state index contributed by atoms with van der Waals surface area (Å²) >= 11 is 0. The third-order valence-electron chi connectivity index (χ3n) is 4.12. The molecule has 0 unspecified atom stereocenters. The SMILES string of the molecule is NC(=O)CN1CCN(Cc2cccc3ccccc23)CC1. The zero-order valence-electron chi connectivity index (χ0n) is 12.2. The molecule has 1 amide bonds. The van der Waals surface area contributed by atoms with Crippen LogP contribution in [-0.2, 0) is 11.3 Å². The van der Waals surface area contributed by atoms with Crippen LogP contribution in [0.1, 0.15) is 5.56 Å². The van der Waals surface area contributed by atoms with Gasteiger partial charge in [-0.25, -0.2) is 0 Å². The molecule has 1 aliphatic rings. The fourth-order valence-corrected chi connectivity index (χ4v) is 3.00. The third kappa shape index (κ3) is 3.40. The highest BCUT2D eigenvalue weighted by atomic mass is 16.1. The Labute approximate surface area is 125 Å². The van der Waals surface area contributed by atoms with Crippen molar-refractivity contribution in [3.8, 4) is 0 Å². The highest BCUT2D eigenvalue weighted by molar-refractivity contribution is 5.85. The number of primary amides is 1. The minimum absolute atomic E-state index is 0.238. The van der Waals surface area contributed by atoms with Crippen molar-refractivity contribution < 1.29 is 4.79 Å². The smallest absolute Gasteiger partial charge is 0.231 e. The summed E-state index contributed by atoms with van der Waals surface area (Å²) in [5, 5.41) is 2.63. The van der Waals surface area contributed by atoms with E-state index in [-0.39, 0.29) is 5.91 Å². The molecule has 0 atom stereocenters. The monoisotopic (exact) mass is 283 g/mol. The zero-order valence-corrected chi connectivity index (χ0v) is 12.2. The predicted octanol–water partition coefficient (Wildman–Crippen LogP) is 1.44. The number of fused-ring (bicyclic) bond motifs is 1. The van der Waals surface area contributed by atoms with Gasteiger partial charge in [0.05, 0.1) is 6.54 Å². The Morgan fingerprint density at radius 1 is 0.952 bits per heavy atom. The minimum atomic E-state index is -0.238. The Hall–Kier alpha value is -1.91. The van der Waals surface area contributed by atoms with Gasteiger partial charge in [0, 0.05) is 32.7 Å². The van der Waals surface area contributed by atoms with E-state index >= 15 is 0 Å². The maximum absolute atomic E-state index is 11.0. The van der Waals surface area contributed by atoms with Crippen LogP contribution in [0.4, 0.5) is 0 Å². The highest BCUT2D eigenvalue weighted by Gasteiger charge is 2.18. The first-order valence-corrected chi connectivity index (χ1v) is 7.42. The standard InChI is InChI=1S/C17H21N3O/c18-17(21)13-20-10-8-19(9-11-20)12-15-6-3-5-14-4-1-2-7-16(14)15/h1-7H,8-13H2,(H2,18,21). The van der Waals surface area contributed by atoms with Crippen LogP contribution in [0.15, 0.2) is 42.5 Å². The quantitative estimate of drug-likeness (QED) is 0.924. The Kier molecular flexibility index (Phi) is 4.18. The van der Waals surface area contributed by atoms with E-state index in [2.05, 4.69) is 52.3 Å². The third-order valence-corrected chi connectivity index (χ3v) is 4.12. The summed E-state index contributed by atoms with van der Waals surface area (Å²) in [5.74, 6) is -0.238. The van der Waals surface area contributed by atoms with Gasteiger partial charge in [-0.05, 0) is 16.3 Å². The van der Waals surface area contributed by atoms with E-state index in [0.29, 0.717) is 6.54 Å². The van der Waals surface area contributed by atoms with Crippen LogP contribution in [0.3, 0.4) is 0 Å². The molecular weight excluding hydrogens is 262 g/mol. The van der Waals surface area contributed by atoms with Crippen LogP contribution in [0.25, 0.3) is 10.8 Å². The number of rotatable bonds is 4. The van der Waals surface area contributed by atoms with E-state index in [4.69, 9.17) is 5.73 Å². The molecule has 0 aliphatic carbocycles. The predicted molar refractivity (Wildman–Crippen MR) is 84.9 cm³/mol. The molecule has 0 aromatic heterocycles. The first-order chi connectivity index (χ1) is 10.2. The van der Waals surface area contributed by atoms with Gasteiger partial charge in [0.25, 0.3) is 0 Å². The van der Waals surface area contributed by atoms with Crippen LogP contribution >= 0.6 is 0 Å². The molecule has 4 nitrogen and oxygen atoms in total. The lowest BCUT2D eigenvalue weighted by Crippen LogP contribution is -2.48.